The van der Waals surface area contributed by atoms with E-state index in [0.717, 1.165) is 5.56 Å². The van der Waals surface area contributed by atoms with Crippen LogP contribution in [0.2, 0.25) is 5.02 Å². The molecule has 3 rings (SSSR count). The van der Waals surface area contributed by atoms with Crippen molar-refractivity contribution in [2.24, 2.45) is 5.92 Å². The van der Waals surface area contributed by atoms with E-state index >= 15 is 0 Å². The Morgan fingerprint density at radius 1 is 0.727 bits per heavy atom. The fourth-order valence-electron chi connectivity index (χ4n) is 3.99. The van der Waals surface area contributed by atoms with Gasteiger partial charge in [-0.1, -0.05) is 83.9 Å². The van der Waals surface area contributed by atoms with Crippen molar-refractivity contribution < 1.29 is 23.9 Å². The third kappa shape index (κ3) is 5.49. The SMILES string of the molecule is COC(=O)C(C(=O)OC)C(c1ccc(Cl)cc1)C(C(=O)c1ccc(C)cc1)c1ccccc1. The van der Waals surface area contributed by atoms with Crippen LogP contribution in [0.4, 0.5) is 0 Å². The average Bonchev–Trinajstić information content (AvgIpc) is 2.84. The third-order valence-corrected chi connectivity index (χ3v) is 5.91. The van der Waals surface area contributed by atoms with E-state index in [4.69, 9.17) is 21.1 Å². The number of hydrogen-bond donors (Lipinski definition) is 0. The minimum absolute atomic E-state index is 0.223. The molecule has 0 aromatic heterocycles. The fourth-order valence-corrected chi connectivity index (χ4v) is 4.11. The highest BCUT2D eigenvalue weighted by Gasteiger charge is 2.45. The Hall–Kier alpha value is -3.44. The van der Waals surface area contributed by atoms with E-state index in [1.807, 2.05) is 49.4 Å². The van der Waals surface area contributed by atoms with Gasteiger partial charge in [0.1, 0.15) is 0 Å². The molecule has 0 heterocycles. The number of aryl methyl sites for hydroxylation is 1. The molecule has 0 radical (unpaired) electrons. The fraction of sp³-hybridized carbons (Fsp3) is 0.222. The van der Waals surface area contributed by atoms with E-state index in [-0.39, 0.29) is 5.78 Å². The Bertz CT molecular complexity index is 1090. The van der Waals surface area contributed by atoms with Crippen LogP contribution in [-0.2, 0) is 19.1 Å². The highest BCUT2D eigenvalue weighted by atomic mass is 35.5. The molecule has 3 aromatic rings. The highest BCUT2D eigenvalue weighted by Crippen LogP contribution is 2.42. The van der Waals surface area contributed by atoms with Crippen molar-refractivity contribution in [3.8, 4) is 0 Å². The number of halogens is 1. The van der Waals surface area contributed by atoms with Crippen LogP contribution in [0.5, 0.6) is 0 Å². The Balaban J connectivity index is 2.27. The molecule has 0 bridgehead atoms. The first kappa shape index (κ1) is 24.2. The molecule has 2 atom stereocenters. The highest BCUT2D eigenvalue weighted by molar-refractivity contribution is 6.30. The van der Waals surface area contributed by atoms with Gasteiger partial charge in [0.2, 0.25) is 0 Å². The molecule has 0 aliphatic carbocycles. The van der Waals surface area contributed by atoms with E-state index in [9.17, 15) is 14.4 Å². The van der Waals surface area contributed by atoms with E-state index in [1.54, 1.807) is 36.4 Å². The van der Waals surface area contributed by atoms with Gasteiger partial charge in [0.15, 0.2) is 11.7 Å². The molecule has 0 saturated carbocycles. The summed E-state index contributed by atoms with van der Waals surface area (Å²) in [6.07, 6.45) is 0. The molecule has 0 N–H and O–H groups in total. The Labute approximate surface area is 198 Å². The lowest BCUT2D eigenvalue weighted by Crippen LogP contribution is -2.37. The van der Waals surface area contributed by atoms with Crippen LogP contribution in [0.1, 0.15) is 38.9 Å². The maximum Gasteiger partial charge on any atom is 0.320 e. The zero-order chi connectivity index (χ0) is 24.0. The van der Waals surface area contributed by atoms with Crippen molar-refractivity contribution in [3.63, 3.8) is 0 Å². The molecule has 2 unspecified atom stereocenters. The topological polar surface area (TPSA) is 69.7 Å². The van der Waals surface area contributed by atoms with Crippen molar-refractivity contribution >= 4 is 29.3 Å². The molecule has 0 amide bonds. The van der Waals surface area contributed by atoms with Crippen LogP contribution < -0.4 is 0 Å². The smallest absolute Gasteiger partial charge is 0.320 e. The number of rotatable bonds is 8. The number of ether oxygens (including phenoxy) is 2. The van der Waals surface area contributed by atoms with Gasteiger partial charge >= 0.3 is 11.9 Å². The lowest BCUT2D eigenvalue weighted by Gasteiger charge is -2.31. The first-order valence-corrected chi connectivity index (χ1v) is 10.8. The van der Waals surface area contributed by atoms with Crippen molar-refractivity contribution in [1.82, 2.24) is 0 Å². The van der Waals surface area contributed by atoms with Gasteiger partial charge in [-0.3, -0.25) is 14.4 Å². The summed E-state index contributed by atoms with van der Waals surface area (Å²) in [5.74, 6) is -4.89. The van der Waals surface area contributed by atoms with Gasteiger partial charge in [-0.15, -0.1) is 0 Å². The maximum absolute atomic E-state index is 13.9. The summed E-state index contributed by atoms with van der Waals surface area (Å²) in [4.78, 5) is 39.7. The third-order valence-electron chi connectivity index (χ3n) is 5.66. The lowest BCUT2D eigenvalue weighted by atomic mass is 9.70. The summed E-state index contributed by atoms with van der Waals surface area (Å²) in [5, 5.41) is 0.492. The number of carbonyl (C=O) groups is 3. The summed E-state index contributed by atoms with van der Waals surface area (Å²) < 4.78 is 9.94. The van der Waals surface area contributed by atoms with Crippen molar-refractivity contribution in [3.05, 3.63) is 106 Å². The number of hydrogen-bond acceptors (Lipinski definition) is 5. The van der Waals surface area contributed by atoms with E-state index < -0.39 is 29.7 Å². The van der Waals surface area contributed by atoms with Gasteiger partial charge < -0.3 is 9.47 Å². The minimum atomic E-state index is -1.36. The van der Waals surface area contributed by atoms with Gasteiger partial charge in [0, 0.05) is 16.5 Å². The number of ketones is 1. The summed E-state index contributed by atoms with van der Waals surface area (Å²) in [6.45, 7) is 1.93. The monoisotopic (exact) mass is 464 g/mol. The molecule has 0 saturated heterocycles. The van der Waals surface area contributed by atoms with Crippen LogP contribution in [0, 0.1) is 12.8 Å². The molecule has 0 aliphatic rings. The van der Waals surface area contributed by atoms with Gasteiger partial charge in [0.25, 0.3) is 0 Å². The van der Waals surface area contributed by atoms with Crippen molar-refractivity contribution in [1.29, 1.82) is 0 Å². The predicted molar refractivity (Wildman–Crippen MR) is 126 cm³/mol. The lowest BCUT2D eigenvalue weighted by molar-refractivity contribution is -0.160. The number of esters is 2. The summed E-state index contributed by atoms with van der Waals surface area (Å²) in [6, 6.07) is 23.0. The molecule has 33 heavy (non-hydrogen) atoms. The van der Waals surface area contributed by atoms with Gasteiger partial charge in [0.05, 0.1) is 20.1 Å². The van der Waals surface area contributed by atoms with Gasteiger partial charge in [-0.05, 0) is 30.2 Å². The molecule has 3 aromatic carbocycles. The molecule has 170 valence electrons. The standard InChI is InChI=1S/C27H25ClO5/c1-17-9-11-20(12-10-17)25(29)23(18-7-5-4-6-8-18)22(19-13-15-21(28)16-14-19)24(26(30)32-2)27(31)33-3/h4-16,22-24H,1-3H3. The van der Waals surface area contributed by atoms with E-state index in [0.29, 0.717) is 21.7 Å². The molecule has 0 aliphatic heterocycles. The van der Waals surface area contributed by atoms with Crippen LogP contribution >= 0.6 is 11.6 Å². The van der Waals surface area contributed by atoms with E-state index in [1.165, 1.54) is 14.2 Å². The van der Waals surface area contributed by atoms with Gasteiger partial charge in [-0.25, -0.2) is 0 Å². The zero-order valence-corrected chi connectivity index (χ0v) is 19.4. The average molecular weight is 465 g/mol. The zero-order valence-electron chi connectivity index (χ0n) is 18.7. The summed E-state index contributed by atoms with van der Waals surface area (Å²) in [5.41, 5.74) is 2.75. The number of benzene rings is 3. The van der Waals surface area contributed by atoms with E-state index in [2.05, 4.69) is 0 Å². The summed E-state index contributed by atoms with van der Waals surface area (Å²) >= 11 is 6.10. The molecule has 5 nitrogen and oxygen atoms in total. The Kier molecular flexibility index (Phi) is 8.01. The quantitative estimate of drug-likeness (QED) is 0.255. The van der Waals surface area contributed by atoms with Gasteiger partial charge in [-0.2, -0.15) is 0 Å². The minimum Gasteiger partial charge on any atom is -0.468 e. The number of methoxy groups -OCH3 is 2. The second-order valence-electron chi connectivity index (χ2n) is 7.72. The largest absolute Gasteiger partial charge is 0.468 e. The van der Waals surface area contributed by atoms with Crippen LogP contribution in [0.15, 0.2) is 78.9 Å². The molecule has 0 fully saturated rings. The molecule has 0 spiro atoms. The Morgan fingerprint density at radius 2 is 1.27 bits per heavy atom. The summed E-state index contributed by atoms with van der Waals surface area (Å²) in [7, 11) is 2.41. The second-order valence-corrected chi connectivity index (χ2v) is 8.16. The predicted octanol–water partition coefficient (Wildman–Crippen LogP) is 5.36. The maximum atomic E-state index is 13.9. The number of Topliss-reactive ketones (excluding diaryl/α,β-unsaturated/α-hetero) is 1. The van der Waals surface area contributed by atoms with Crippen LogP contribution in [-0.4, -0.2) is 31.9 Å². The normalized spacial score (nSPS) is 12.6. The van der Waals surface area contributed by atoms with Crippen LogP contribution in [0.25, 0.3) is 0 Å². The first-order valence-electron chi connectivity index (χ1n) is 10.4. The number of carbonyl (C=O) groups excluding carboxylic acids is 3. The first-order chi connectivity index (χ1) is 15.9. The molecular weight excluding hydrogens is 440 g/mol. The van der Waals surface area contributed by atoms with Crippen LogP contribution in [0.3, 0.4) is 0 Å². The molecule has 6 heteroatoms. The second kappa shape index (κ2) is 10.9. The van der Waals surface area contributed by atoms with Crippen molar-refractivity contribution in [2.45, 2.75) is 18.8 Å². The Morgan fingerprint density at radius 3 is 1.79 bits per heavy atom. The van der Waals surface area contributed by atoms with Crippen molar-refractivity contribution in [2.75, 3.05) is 14.2 Å². The molecular formula is C27H25ClO5.